The van der Waals surface area contributed by atoms with Gasteiger partial charge >= 0.3 is 0 Å². The van der Waals surface area contributed by atoms with E-state index in [-0.39, 0.29) is 11.8 Å². The predicted molar refractivity (Wildman–Crippen MR) is 252 cm³/mol. The van der Waals surface area contributed by atoms with Gasteiger partial charge in [0.15, 0.2) is 46.6 Å². The Labute approximate surface area is 399 Å². The molecule has 0 radical (unpaired) electrons. The summed E-state index contributed by atoms with van der Waals surface area (Å²) in [6, 6.07) is 15.9. The Kier molecular flexibility index (Phi) is 13.8. The lowest BCUT2D eigenvalue weighted by atomic mass is 9.93. The fourth-order valence-electron chi connectivity index (χ4n) is 9.02. The van der Waals surface area contributed by atoms with Crippen molar-refractivity contribution >= 4 is 24.3 Å². The Bertz CT molecular complexity index is 2980. The van der Waals surface area contributed by atoms with Crippen molar-refractivity contribution in [2.45, 2.75) is 77.3 Å². The molecule has 0 aliphatic carbocycles. The van der Waals surface area contributed by atoms with Crippen LogP contribution >= 0.6 is 0 Å². The smallest absolute Gasteiger partial charge is 0.194 e. The fourth-order valence-corrected chi connectivity index (χ4v) is 9.02. The molecule has 0 unspecified atom stereocenters. The van der Waals surface area contributed by atoms with Gasteiger partial charge in [-0.3, -0.25) is 0 Å². The molecule has 0 fully saturated rings. The minimum absolute atomic E-state index is 0.363. The van der Waals surface area contributed by atoms with Crippen molar-refractivity contribution in [2.75, 3.05) is 14.2 Å². The van der Waals surface area contributed by atoms with E-state index in [1.54, 1.807) is 26.9 Å². The molecule has 0 bridgehead atoms. The van der Waals surface area contributed by atoms with Gasteiger partial charge in [-0.1, -0.05) is 37.1 Å². The third kappa shape index (κ3) is 9.89. The summed E-state index contributed by atoms with van der Waals surface area (Å²) >= 11 is 0. The van der Waals surface area contributed by atoms with Gasteiger partial charge in [0.05, 0.1) is 49.6 Å². The van der Waals surface area contributed by atoms with Crippen molar-refractivity contribution in [3.63, 3.8) is 0 Å². The SMILES string of the molecule is COc1cc(/C=C/c2nnc3n2CCCC[C@@H]3c2cc(F)c(F)c(F)c2)ccc1-n1cnc(C)c1.COc1cc(/C=C/c2nnc3n2CCCC[C@H]3c2cc(F)c(F)c(F)c2)ccc1-n1cnc(C)c1. The molecule has 70 heavy (non-hydrogen) atoms. The Hall–Kier alpha value is -7.76. The molecule has 6 heterocycles. The van der Waals surface area contributed by atoms with Crippen molar-refractivity contribution in [1.82, 2.24) is 48.6 Å². The van der Waals surface area contributed by atoms with Crippen LogP contribution in [0.5, 0.6) is 11.5 Å². The summed E-state index contributed by atoms with van der Waals surface area (Å²) in [7, 11) is 3.24. The third-order valence-corrected chi connectivity index (χ3v) is 12.5. The molecule has 2 aliphatic heterocycles. The van der Waals surface area contributed by atoms with Crippen LogP contribution in [-0.2, 0) is 13.1 Å². The maximum Gasteiger partial charge on any atom is 0.194 e. The van der Waals surface area contributed by atoms with Crippen LogP contribution in [-0.4, -0.2) is 62.9 Å². The van der Waals surface area contributed by atoms with Gasteiger partial charge in [0, 0.05) is 37.3 Å². The topological polar surface area (TPSA) is 116 Å². The zero-order chi connectivity index (χ0) is 49.1. The van der Waals surface area contributed by atoms with E-state index in [1.165, 1.54) is 0 Å². The molecule has 12 nitrogen and oxygen atoms in total. The predicted octanol–water partition coefficient (Wildman–Crippen LogP) is 11.4. The van der Waals surface area contributed by atoms with Gasteiger partial charge in [0.1, 0.15) is 23.1 Å². The molecule has 2 aliphatic rings. The molecule has 0 amide bonds. The number of hydrogen-bond donors (Lipinski definition) is 0. The monoisotopic (exact) mass is 958 g/mol. The molecule has 10 rings (SSSR count). The summed E-state index contributed by atoms with van der Waals surface area (Å²) in [5.74, 6) is -4.51. The van der Waals surface area contributed by atoms with Crippen LogP contribution in [0.1, 0.15) is 107 Å². The van der Waals surface area contributed by atoms with Crippen molar-refractivity contribution in [3.05, 3.63) is 178 Å². The summed E-state index contributed by atoms with van der Waals surface area (Å²) in [5.41, 5.74) is 6.12. The first-order valence-corrected chi connectivity index (χ1v) is 22.8. The highest BCUT2D eigenvalue weighted by atomic mass is 19.2. The second-order valence-electron chi connectivity index (χ2n) is 17.2. The van der Waals surface area contributed by atoms with Gasteiger partial charge in [-0.25, -0.2) is 36.3 Å². The quantitative estimate of drug-likeness (QED) is 0.0983. The summed E-state index contributed by atoms with van der Waals surface area (Å²) in [4.78, 5) is 8.53. The number of ether oxygens (including phenoxy) is 2. The molecule has 0 N–H and O–H groups in total. The number of halogens is 6. The zero-order valence-electron chi connectivity index (χ0n) is 38.8. The second-order valence-corrected chi connectivity index (χ2v) is 17.2. The van der Waals surface area contributed by atoms with Gasteiger partial charge in [-0.15, -0.1) is 20.4 Å². The molecule has 0 saturated heterocycles. The molecule has 4 aromatic carbocycles. The number of fused-ring (bicyclic) bond motifs is 2. The summed E-state index contributed by atoms with van der Waals surface area (Å²) < 4.78 is 101. The number of imidazole rings is 2. The van der Waals surface area contributed by atoms with Gasteiger partial charge < -0.3 is 27.7 Å². The van der Waals surface area contributed by atoms with Crippen LogP contribution in [0.2, 0.25) is 0 Å². The van der Waals surface area contributed by atoms with E-state index >= 15 is 0 Å². The van der Waals surface area contributed by atoms with Crippen molar-refractivity contribution < 1.29 is 35.8 Å². The van der Waals surface area contributed by atoms with Crippen LogP contribution < -0.4 is 9.47 Å². The number of aromatic nitrogens is 10. The average molecular weight is 959 g/mol. The number of nitrogens with zero attached hydrogens (tertiary/aromatic N) is 10. The molecule has 2 atom stereocenters. The van der Waals surface area contributed by atoms with Crippen LogP contribution in [0.4, 0.5) is 26.3 Å². The first kappa shape index (κ1) is 47.3. The van der Waals surface area contributed by atoms with Gasteiger partial charge in [0.25, 0.3) is 0 Å². The first-order chi connectivity index (χ1) is 33.9. The molecule has 8 aromatic rings. The molecule has 18 heteroatoms. The first-order valence-electron chi connectivity index (χ1n) is 22.8. The van der Waals surface area contributed by atoms with Crippen LogP contribution in [0.25, 0.3) is 35.7 Å². The summed E-state index contributed by atoms with van der Waals surface area (Å²) in [6.45, 7) is 5.23. The van der Waals surface area contributed by atoms with E-state index in [0.29, 0.717) is 71.9 Å². The molecule has 0 spiro atoms. The Morgan fingerprint density at radius 3 is 1.27 bits per heavy atom. The van der Waals surface area contributed by atoms with E-state index in [9.17, 15) is 26.3 Å². The fraction of sp³-hybridized carbons (Fsp3) is 0.269. The Morgan fingerprint density at radius 2 is 0.914 bits per heavy atom. The largest absolute Gasteiger partial charge is 0.495 e. The van der Waals surface area contributed by atoms with Gasteiger partial charge in [-0.05, 0) is 122 Å². The van der Waals surface area contributed by atoms with E-state index in [1.807, 2.05) is 105 Å². The zero-order valence-corrected chi connectivity index (χ0v) is 38.8. The highest BCUT2D eigenvalue weighted by Crippen LogP contribution is 2.36. The van der Waals surface area contributed by atoms with E-state index in [2.05, 4.69) is 30.4 Å². The normalized spacial score (nSPS) is 15.9. The third-order valence-electron chi connectivity index (χ3n) is 12.5. The minimum Gasteiger partial charge on any atom is -0.495 e. The van der Waals surface area contributed by atoms with E-state index in [4.69, 9.17) is 9.47 Å². The number of benzene rings is 4. The van der Waals surface area contributed by atoms with Crippen LogP contribution in [0.15, 0.2) is 85.7 Å². The van der Waals surface area contributed by atoms with Crippen LogP contribution in [0.3, 0.4) is 0 Å². The lowest BCUT2D eigenvalue weighted by Crippen LogP contribution is -2.10. The Morgan fingerprint density at radius 1 is 0.514 bits per heavy atom. The van der Waals surface area contributed by atoms with Gasteiger partial charge in [0.2, 0.25) is 0 Å². The number of methoxy groups -OCH3 is 2. The standard InChI is InChI=1S/2C26H24F3N5O/c2*1-16-14-33(15-30-16)22-8-6-17(11-23(22)35-2)7-9-24-31-32-26-19(5-3-4-10-34(24)26)18-12-20(27)25(29)21(28)13-18/h2*6-9,11-15,19H,3-5,10H2,1-2H3/b2*9-7+/t2*19-/m10/s1. The lowest BCUT2D eigenvalue weighted by Gasteiger charge is -2.15. The number of aryl methyl sites for hydroxylation is 2. The molecule has 4 aromatic heterocycles. The van der Waals surface area contributed by atoms with Crippen LogP contribution in [0, 0.1) is 48.8 Å². The van der Waals surface area contributed by atoms with Crippen molar-refractivity contribution in [3.8, 4) is 22.9 Å². The maximum atomic E-state index is 13.9. The van der Waals surface area contributed by atoms with Crippen molar-refractivity contribution in [2.24, 2.45) is 0 Å². The van der Waals surface area contributed by atoms with Crippen molar-refractivity contribution in [1.29, 1.82) is 0 Å². The highest BCUT2D eigenvalue weighted by molar-refractivity contribution is 5.70. The maximum absolute atomic E-state index is 13.9. The summed E-state index contributed by atoms with van der Waals surface area (Å²) in [6.07, 6.45) is 19.6. The Balaban J connectivity index is 0.000000174. The second kappa shape index (κ2) is 20.5. The molecule has 360 valence electrons. The molecular weight excluding hydrogens is 911 g/mol. The number of hydrogen-bond acceptors (Lipinski definition) is 8. The average Bonchev–Trinajstić information content (AvgIpc) is 4.13. The highest BCUT2D eigenvalue weighted by Gasteiger charge is 2.28. The summed E-state index contributed by atoms with van der Waals surface area (Å²) in [5, 5.41) is 17.3. The minimum atomic E-state index is -1.46. The van der Waals surface area contributed by atoms with E-state index in [0.717, 1.165) is 83.8 Å². The molecule has 0 saturated carbocycles. The lowest BCUT2D eigenvalue weighted by molar-refractivity contribution is 0.412. The van der Waals surface area contributed by atoms with E-state index < -0.39 is 34.9 Å². The van der Waals surface area contributed by atoms with Gasteiger partial charge in [-0.2, -0.15) is 0 Å². The number of rotatable bonds is 10. The molecular formula is C52H48F6N10O2.